The van der Waals surface area contributed by atoms with Gasteiger partial charge in [-0.05, 0) is 54.7 Å². The normalized spacial score (nSPS) is 16.4. The van der Waals surface area contributed by atoms with E-state index in [1.54, 1.807) is 12.1 Å². The first-order chi connectivity index (χ1) is 13.4. The van der Waals surface area contributed by atoms with Gasteiger partial charge in [-0.1, -0.05) is 36.7 Å². The number of aromatic carboxylic acids is 1. The predicted molar refractivity (Wildman–Crippen MR) is 111 cm³/mol. The number of hydrogen-bond acceptors (Lipinski definition) is 3. The minimum Gasteiger partial charge on any atom is -0.478 e. The molecule has 0 aromatic heterocycles. The van der Waals surface area contributed by atoms with E-state index in [1.165, 1.54) is 18.6 Å². The molecule has 1 aliphatic rings. The van der Waals surface area contributed by atoms with Crippen molar-refractivity contribution >= 4 is 29.2 Å². The molecule has 2 aromatic carbocycles. The van der Waals surface area contributed by atoms with Crippen molar-refractivity contribution in [1.29, 1.82) is 0 Å². The van der Waals surface area contributed by atoms with Crippen LogP contribution in [0, 0.1) is 0 Å². The molecule has 6 heteroatoms. The molecule has 1 amide bonds. The van der Waals surface area contributed by atoms with Crippen molar-refractivity contribution in [3.8, 4) is 0 Å². The average Bonchev–Trinajstić information content (AvgIpc) is 2.68. The van der Waals surface area contributed by atoms with Gasteiger partial charge in [0.25, 0.3) is 0 Å². The van der Waals surface area contributed by atoms with E-state index >= 15 is 0 Å². The fraction of sp³-hybridized carbons (Fsp3) is 0.364. The van der Waals surface area contributed by atoms with Crippen molar-refractivity contribution in [1.82, 2.24) is 0 Å². The van der Waals surface area contributed by atoms with Crippen LogP contribution >= 0.6 is 11.6 Å². The number of benzene rings is 2. The summed E-state index contributed by atoms with van der Waals surface area (Å²) in [6.07, 6.45) is 3.49. The lowest BCUT2D eigenvalue weighted by Gasteiger charge is -2.34. The first-order valence-corrected chi connectivity index (χ1v) is 9.94. The summed E-state index contributed by atoms with van der Waals surface area (Å²) in [4.78, 5) is 25.8. The number of nitrogens with two attached hydrogens (primary N) is 1. The second-order valence-corrected chi connectivity index (χ2v) is 7.72. The molecule has 3 rings (SSSR count). The Bertz CT molecular complexity index is 861. The highest BCUT2D eigenvalue weighted by molar-refractivity contribution is 6.31. The van der Waals surface area contributed by atoms with Gasteiger partial charge in [0, 0.05) is 29.7 Å². The van der Waals surface area contributed by atoms with Crippen molar-refractivity contribution in [2.24, 2.45) is 5.73 Å². The van der Waals surface area contributed by atoms with Gasteiger partial charge in [-0.2, -0.15) is 0 Å². The van der Waals surface area contributed by atoms with E-state index in [9.17, 15) is 9.59 Å². The largest absolute Gasteiger partial charge is 0.478 e. The Morgan fingerprint density at radius 1 is 1.07 bits per heavy atom. The van der Waals surface area contributed by atoms with Gasteiger partial charge in [0.15, 0.2) is 0 Å². The molecule has 3 N–H and O–H groups in total. The zero-order chi connectivity index (χ0) is 20.3. The SMILES string of the molecule is CC(c1c(Cl)cccc1N1CCCCC1)[C@H](C(N)=O)c1ccc(C(=O)O)cc1. The standard InChI is InChI=1S/C22H25ClN2O3/c1-14(19(21(24)26)15-8-10-16(11-9-15)22(27)28)20-17(23)6-5-7-18(20)25-12-3-2-4-13-25/h5-11,14,19H,2-4,12-13H2,1H3,(H2,24,26)(H,27,28)/t14?,19-/m0/s1. The van der Waals surface area contributed by atoms with E-state index in [2.05, 4.69) is 11.0 Å². The molecule has 1 fully saturated rings. The highest BCUT2D eigenvalue weighted by atomic mass is 35.5. The van der Waals surface area contributed by atoms with Crippen molar-refractivity contribution < 1.29 is 14.7 Å². The minimum atomic E-state index is -1.01. The maximum absolute atomic E-state index is 12.4. The van der Waals surface area contributed by atoms with E-state index < -0.39 is 17.8 Å². The van der Waals surface area contributed by atoms with Crippen molar-refractivity contribution in [2.45, 2.75) is 38.0 Å². The van der Waals surface area contributed by atoms with E-state index in [0.717, 1.165) is 37.2 Å². The molecule has 2 atom stereocenters. The van der Waals surface area contributed by atoms with Crippen LogP contribution in [0.25, 0.3) is 0 Å². The number of carboxylic acid groups (broad SMARTS) is 1. The summed E-state index contributed by atoms with van der Waals surface area (Å²) in [7, 11) is 0. The van der Waals surface area contributed by atoms with E-state index in [-0.39, 0.29) is 11.5 Å². The van der Waals surface area contributed by atoms with Gasteiger partial charge in [-0.3, -0.25) is 4.79 Å². The van der Waals surface area contributed by atoms with Gasteiger partial charge in [0.2, 0.25) is 5.91 Å². The van der Waals surface area contributed by atoms with Crippen molar-refractivity contribution in [3.05, 3.63) is 64.2 Å². The topological polar surface area (TPSA) is 83.6 Å². The molecule has 0 saturated carbocycles. The molecule has 0 spiro atoms. The van der Waals surface area contributed by atoms with E-state index in [1.807, 2.05) is 19.1 Å². The highest BCUT2D eigenvalue weighted by Gasteiger charge is 2.30. The number of anilines is 1. The Hall–Kier alpha value is -2.53. The molecule has 28 heavy (non-hydrogen) atoms. The zero-order valence-corrected chi connectivity index (χ0v) is 16.7. The molecule has 1 heterocycles. The molecule has 5 nitrogen and oxygen atoms in total. The number of piperidine rings is 1. The lowest BCUT2D eigenvalue weighted by Crippen LogP contribution is -2.32. The third-order valence-corrected chi connectivity index (χ3v) is 5.83. The molecule has 1 saturated heterocycles. The van der Waals surface area contributed by atoms with Crippen LogP contribution in [-0.4, -0.2) is 30.1 Å². The number of carbonyl (C=O) groups is 2. The fourth-order valence-corrected chi connectivity index (χ4v) is 4.43. The molecule has 148 valence electrons. The van der Waals surface area contributed by atoms with Gasteiger partial charge >= 0.3 is 5.97 Å². The zero-order valence-electron chi connectivity index (χ0n) is 15.9. The van der Waals surface area contributed by atoms with Crippen LogP contribution in [0.4, 0.5) is 5.69 Å². The Labute approximate surface area is 170 Å². The number of carboxylic acids is 1. The third kappa shape index (κ3) is 4.14. The number of rotatable bonds is 6. The summed E-state index contributed by atoms with van der Waals surface area (Å²) in [5, 5.41) is 9.73. The maximum atomic E-state index is 12.4. The average molecular weight is 401 g/mol. The second-order valence-electron chi connectivity index (χ2n) is 7.32. The summed E-state index contributed by atoms with van der Waals surface area (Å²) in [5.74, 6) is -2.32. The van der Waals surface area contributed by atoms with Gasteiger partial charge in [0.05, 0.1) is 11.5 Å². The van der Waals surface area contributed by atoms with Crippen LogP contribution in [0.1, 0.15) is 59.5 Å². The minimum absolute atomic E-state index is 0.173. The van der Waals surface area contributed by atoms with Crippen molar-refractivity contribution in [3.63, 3.8) is 0 Å². The van der Waals surface area contributed by atoms with Gasteiger partial charge in [0.1, 0.15) is 0 Å². The summed E-state index contributed by atoms with van der Waals surface area (Å²) < 4.78 is 0. The predicted octanol–water partition coefficient (Wildman–Crippen LogP) is 4.40. The van der Waals surface area contributed by atoms with Crippen LogP contribution in [0.5, 0.6) is 0 Å². The van der Waals surface area contributed by atoms with E-state index in [4.69, 9.17) is 22.4 Å². The summed E-state index contributed by atoms with van der Waals surface area (Å²) in [5.41, 5.74) is 8.60. The number of hydrogen-bond donors (Lipinski definition) is 2. The van der Waals surface area contributed by atoms with Crippen LogP contribution in [-0.2, 0) is 4.79 Å². The molecule has 0 bridgehead atoms. The fourth-order valence-electron chi connectivity index (χ4n) is 4.09. The molecular weight excluding hydrogens is 376 g/mol. The van der Waals surface area contributed by atoms with Gasteiger partial charge < -0.3 is 15.7 Å². The number of nitrogens with zero attached hydrogens (tertiary/aromatic N) is 1. The molecular formula is C22H25ClN2O3. The first-order valence-electron chi connectivity index (χ1n) is 9.56. The molecule has 0 radical (unpaired) electrons. The Kier molecular flexibility index (Phi) is 6.25. The smallest absolute Gasteiger partial charge is 0.335 e. The number of carbonyl (C=O) groups excluding carboxylic acids is 1. The highest BCUT2D eigenvalue weighted by Crippen LogP contribution is 2.42. The van der Waals surface area contributed by atoms with Crippen LogP contribution in [0.3, 0.4) is 0 Å². The Morgan fingerprint density at radius 2 is 1.71 bits per heavy atom. The summed E-state index contributed by atoms with van der Waals surface area (Å²) in [6, 6.07) is 12.1. The Morgan fingerprint density at radius 3 is 2.29 bits per heavy atom. The molecule has 1 aliphatic heterocycles. The quantitative estimate of drug-likeness (QED) is 0.752. The first kappa shape index (κ1) is 20.2. The summed E-state index contributed by atoms with van der Waals surface area (Å²) >= 11 is 6.59. The van der Waals surface area contributed by atoms with Gasteiger partial charge in [-0.15, -0.1) is 0 Å². The van der Waals surface area contributed by atoms with E-state index in [0.29, 0.717) is 10.6 Å². The maximum Gasteiger partial charge on any atom is 0.335 e. The molecule has 1 unspecified atom stereocenters. The van der Waals surface area contributed by atoms with Crippen LogP contribution < -0.4 is 10.6 Å². The lowest BCUT2D eigenvalue weighted by molar-refractivity contribution is -0.119. The second kappa shape index (κ2) is 8.65. The number of primary amides is 1. The van der Waals surface area contributed by atoms with Gasteiger partial charge in [-0.25, -0.2) is 4.79 Å². The molecule has 2 aromatic rings. The third-order valence-electron chi connectivity index (χ3n) is 5.51. The molecule has 0 aliphatic carbocycles. The van der Waals surface area contributed by atoms with Crippen molar-refractivity contribution in [2.75, 3.05) is 18.0 Å². The number of halogens is 1. The van der Waals surface area contributed by atoms with Crippen LogP contribution in [0.2, 0.25) is 5.02 Å². The Balaban J connectivity index is 2.01. The summed E-state index contributed by atoms with van der Waals surface area (Å²) in [6.45, 7) is 3.89. The monoisotopic (exact) mass is 400 g/mol. The van der Waals surface area contributed by atoms with Crippen LogP contribution in [0.15, 0.2) is 42.5 Å². The lowest BCUT2D eigenvalue weighted by atomic mass is 9.81. The number of amides is 1.